The number of alkyl halides is 3. The van der Waals surface area contributed by atoms with E-state index in [1.807, 2.05) is 0 Å². The number of nitrogens with two attached hydrogens (primary N) is 1. The first-order valence-corrected chi connectivity index (χ1v) is 6.93. The predicted molar refractivity (Wildman–Crippen MR) is 65.1 cm³/mol. The summed E-state index contributed by atoms with van der Waals surface area (Å²) in [7, 11) is 0. The zero-order valence-electron chi connectivity index (χ0n) is 10.9. The molecule has 0 aliphatic heterocycles. The van der Waals surface area contributed by atoms with Gasteiger partial charge in [-0.05, 0) is 44.1 Å². The van der Waals surface area contributed by atoms with Crippen LogP contribution >= 0.6 is 0 Å². The van der Waals surface area contributed by atoms with Crippen LogP contribution in [0.3, 0.4) is 0 Å². The van der Waals surface area contributed by atoms with Gasteiger partial charge >= 0.3 is 6.18 Å². The van der Waals surface area contributed by atoms with E-state index in [9.17, 15) is 13.2 Å². The average Bonchev–Trinajstić information content (AvgIpc) is 3.08. The van der Waals surface area contributed by atoms with Crippen molar-refractivity contribution >= 4 is 0 Å². The Balaban J connectivity index is 2.07. The lowest BCUT2D eigenvalue weighted by atomic mass is 9.78. The molecule has 3 atom stereocenters. The van der Waals surface area contributed by atoms with E-state index >= 15 is 0 Å². The fourth-order valence-electron chi connectivity index (χ4n) is 3.22. The van der Waals surface area contributed by atoms with Crippen LogP contribution in [0.4, 0.5) is 13.2 Å². The van der Waals surface area contributed by atoms with Gasteiger partial charge in [-0.3, -0.25) is 4.90 Å². The highest BCUT2D eigenvalue weighted by Gasteiger charge is 2.44. The molecule has 0 bridgehead atoms. The second-order valence-corrected chi connectivity index (χ2v) is 6.00. The number of hydrogen-bond acceptors (Lipinski definition) is 2. The molecular weight excluding hydrogens is 241 g/mol. The fraction of sp³-hybridized carbons (Fsp3) is 1.00. The maximum atomic E-state index is 12.7. The SMILES string of the molecule is CC1CCC(CN)C(N(CC(F)(F)F)C2CC2)C1. The molecule has 0 radical (unpaired) electrons. The zero-order valence-corrected chi connectivity index (χ0v) is 10.9. The largest absolute Gasteiger partial charge is 0.401 e. The van der Waals surface area contributed by atoms with Crippen LogP contribution in [0.5, 0.6) is 0 Å². The maximum absolute atomic E-state index is 12.7. The first-order chi connectivity index (χ1) is 8.40. The Hall–Kier alpha value is -0.290. The number of halogens is 3. The molecule has 2 fully saturated rings. The molecular formula is C13H23F3N2. The minimum absolute atomic E-state index is 0.0351. The molecule has 2 N–H and O–H groups in total. The summed E-state index contributed by atoms with van der Waals surface area (Å²) in [6.45, 7) is 1.89. The number of rotatable bonds is 4. The monoisotopic (exact) mass is 264 g/mol. The molecule has 106 valence electrons. The van der Waals surface area contributed by atoms with E-state index in [0.717, 1.165) is 32.1 Å². The third-order valence-electron chi connectivity index (χ3n) is 4.32. The van der Waals surface area contributed by atoms with Crippen molar-refractivity contribution in [3.8, 4) is 0 Å². The lowest BCUT2D eigenvalue weighted by Crippen LogP contribution is -2.50. The molecule has 0 heterocycles. The van der Waals surface area contributed by atoms with Gasteiger partial charge in [0.1, 0.15) is 0 Å². The van der Waals surface area contributed by atoms with E-state index < -0.39 is 12.7 Å². The van der Waals surface area contributed by atoms with Crippen LogP contribution in [-0.2, 0) is 0 Å². The predicted octanol–water partition coefficient (Wildman–Crippen LogP) is 2.78. The van der Waals surface area contributed by atoms with Gasteiger partial charge in [0.15, 0.2) is 0 Å². The molecule has 5 heteroatoms. The van der Waals surface area contributed by atoms with Crippen molar-refractivity contribution in [2.24, 2.45) is 17.6 Å². The Kier molecular flexibility index (Phi) is 4.22. The van der Waals surface area contributed by atoms with Crippen molar-refractivity contribution in [3.05, 3.63) is 0 Å². The number of nitrogens with zero attached hydrogens (tertiary/aromatic N) is 1. The summed E-state index contributed by atoms with van der Waals surface area (Å²) < 4.78 is 38.1. The van der Waals surface area contributed by atoms with E-state index in [0.29, 0.717) is 12.5 Å². The Morgan fingerprint density at radius 1 is 1.17 bits per heavy atom. The molecule has 18 heavy (non-hydrogen) atoms. The Morgan fingerprint density at radius 3 is 2.33 bits per heavy atom. The van der Waals surface area contributed by atoms with Crippen LogP contribution in [0.15, 0.2) is 0 Å². The molecule has 0 aromatic carbocycles. The van der Waals surface area contributed by atoms with Gasteiger partial charge in [-0.1, -0.05) is 13.3 Å². The molecule has 3 unspecified atom stereocenters. The molecule has 0 saturated heterocycles. The smallest absolute Gasteiger partial charge is 0.330 e. The summed E-state index contributed by atoms with van der Waals surface area (Å²) >= 11 is 0. The molecule has 0 aromatic rings. The van der Waals surface area contributed by atoms with Crippen molar-refractivity contribution in [2.75, 3.05) is 13.1 Å². The van der Waals surface area contributed by atoms with Crippen LogP contribution in [0.2, 0.25) is 0 Å². The second kappa shape index (κ2) is 5.37. The summed E-state index contributed by atoms with van der Waals surface area (Å²) in [4.78, 5) is 1.70. The van der Waals surface area contributed by atoms with Gasteiger partial charge in [0.05, 0.1) is 6.54 Å². The van der Waals surface area contributed by atoms with E-state index in [-0.39, 0.29) is 18.0 Å². The normalized spacial score (nSPS) is 34.0. The van der Waals surface area contributed by atoms with Crippen LogP contribution < -0.4 is 5.73 Å². The highest BCUT2D eigenvalue weighted by Crippen LogP contribution is 2.39. The third-order valence-corrected chi connectivity index (χ3v) is 4.32. The van der Waals surface area contributed by atoms with Crippen molar-refractivity contribution in [1.29, 1.82) is 0 Å². The molecule has 2 aliphatic rings. The standard InChI is InChI=1S/C13H23F3N2/c1-9-2-3-10(7-17)12(6-9)18(11-4-5-11)8-13(14,15)16/h9-12H,2-8,17H2,1H3. The van der Waals surface area contributed by atoms with Gasteiger partial charge in [-0.15, -0.1) is 0 Å². The fourth-order valence-corrected chi connectivity index (χ4v) is 3.22. The van der Waals surface area contributed by atoms with Crippen molar-refractivity contribution < 1.29 is 13.2 Å². The third kappa shape index (κ3) is 3.60. The molecule has 2 saturated carbocycles. The van der Waals surface area contributed by atoms with Gasteiger partial charge in [-0.2, -0.15) is 13.2 Å². The summed E-state index contributed by atoms with van der Waals surface area (Å²) in [6, 6.07) is 0.184. The molecule has 0 aromatic heterocycles. The van der Waals surface area contributed by atoms with Gasteiger partial charge in [0.2, 0.25) is 0 Å². The highest BCUT2D eigenvalue weighted by atomic mass is 19.4. The first-order valence-electron chi connectivity index (χ1n) is 6.93. The van der Waals surface area contributed by atoms with E-state index in [4.69, 9.17) is 5.73 Å². The van der Waals surface area contributed by atoms with E-state index in [1.165, 1.54) is 0 Å². The summed E-state index contributed by atoms with van der Waals surface area (Å²) in [5, 5.41) is 0. The number of hydrogen-bond donors (Lipinski definition) is 1. The summed E-state index contributed by atoms with van der Waals surface area (Å²) in [6.07, 6.45) is 0.680. The molecule has 0 spiro atoms. The lowest BCUT2D eigenvalue weighted by Gasteiger charge is -2.42. The minimum atomic E-state index is -4.09. The highest BCUT2D eigenvalue weighted by molar-refractivity contribution is 4.95. The topological polar surface area (TPSA) is 29.3 Å². The Morgan fingerprint density at radius 2 is 1.83 bits per heavy atom. The van der Waals surface area contributed by atoms with Crippen LogP contribution in [0.25, 0.3) is 0 Å². The summed E-state index contributed by atoms with van der Waals surface area (Å²) in [5.41, 5.74) is 5.75. The van der Waals surface area contributed by atoms with Crippen LogP contribution in [0.1, 0.15) is 39.0 Å². The summed E-state index contributed by atoms with van der Waals surface area (Å²) in [5.74, 6) is 0.761. The maximum Gasteiger partial charge on any atom is 0.401 e. The Labute approximate surface area is 107 Å². The average molecular weight is 264 g/mol. The van der Waals surface area contributed by atoms with Crippen LogP contribution in [-0.4, -0.2) is 36.2 Å². The minimum Gasteiger partial charge on any atom is -0.330 e. The van der Waals surface area contributed by atoms with E-state index in [1.54, 1.807) is 4.90 Å². The quantitative estimate of drug-likeness (QED) is 0.846. The van der Waals surface area contributed by atoms with Gasteiger partial charge < -0.3 is 5.73 Å². The van der Waals surface area contributed by atoms with Crippen molar-refractivity contribution in [2.45, 2.75) is 57.3 Å². The molecule has 2 nitrogen and oxygen atoms in total. The van der Waals surface area contributed by atoms with Gasteiger partial charge in [0.25, 0.3) is 0 Å². The second-order valence-electron chi connectivity index (χ2n) is 6.00. The molecule has 2 rings (SSSR count). The first kappa shape index (κ1) is 14.1. The molecule has 0 amide bonds. The Bertz CT molecular complexity index is 276. The zero-order chi connectivity index (χ0) is 13.3. The van der Waals surface area contributed by atoms with Gasteiger partial charge in [0, 0.05) is 12.1 Å². The lowest BCUT2D eigenvalue weighted by molar-refractivity contribution is -0.157. The van der Waals surface area contributed by atoms with Crippen LogP contribution in [0, 0.1) is 11.8 Å². The van der Waals surface area contributed by atoms with Crippen molar-refractivity contribution in [1.82, 2.24) is 4.90 Å². The van der Waals surface area contributed by atoms with Crippen molar-refractivity contribution in [3.63, 3.8) is 0 Å². The molecule has 2 aliphatic carbocycles. The van der Waals surface area contributed by atoms with Gasteiger partial charge in [-0.25, -0.2) is 0 Å². The van der Waals surface area contributed by atoms with E-state index in [2.05, 4.69) is 6.92 Å².